The Morgan fingerprint density at radius 2 is 1.70 bits per heavy atom. The smallest absolute Gasteiger partial charge is 0.160 e. The molecule has 4 rings (SSSR count). The van der Waals surface area contributed by atoms with E-state index >= 15 is 0 Å². The molecule has 5 heteroatoms. The lowest BCUT2D eigenvalue weighted by Crippen LogP contribution is -1.78. The van der Waals surface area contributed by atoms with Crippen LogP contribution >= 0.6 is 23.1 Å². The predicted octanol–water partition coefficient (Wildman–Crippen LogP) is 5.22. The fraction of sp³-hybridized carbons (Fsp3) is 0. The van der Waals surface area contributed by atoms with E-state index in [-0.39, 0.29) is 5.75 Å². The third kappa shape index (κ3) is 2.69. The highest BCUT2D eigenvalue weighted by Gasteiger charge is 2.16. The first-order chi connectivity index (χ1) is 11.3. The number of pyridine rings is 2. The normalized spacial score (nSPS) is 11.0. The van der Waals surface area contributed by atoms with E-state index < -0.39 is 0 Å². The van der Waals surface area contributed by atoms with E-state index in [4.69, 9.17) is 0 Å². The lowest BCUT2D eigenvalue weighted by atomic mass is 10.2. The fourth-order valence-electron chi connectivity index (χ4n) is 2.35. The standard InChI is InChI=1S/C18H12N2OS2/c21-16-15-18(23-17(16)12-4-2-1-3-5-12)14(8-11-20-15)22-13-6-9-19-10-7-13/h1-11,21H. The molecule has 0 unspecified atom stereocenters. The Labute approximate surface area is 141 Å². The van der Waals surface area contributed by atoms with Gasteiger partial charge >= 0.3 is 0 Å². The first-order valence-corrected chi connectivity index (χ1v) is 8.70. The van der Waals surface area contributed by atoms with Gasteiger partial charge < -0.3 is 5.11 Å². The molecule has 0 spiro atoms. The van der Waals surface area contributed by atoms with Gasteiger partial charge in [-0.3, -0.25) is 9.97 Å². The highest BCUT2D eigenvalue weighted by atomic mass is 32.2. The molecule has 0 atom stereocenters. The van der Waals surface area contributed by atoms with Crippen LogP contribution in [0, 0.1) is 0 Å². The Balaban J connectivity index is 1.85. The van der Waals surface area contributed by atoms with Crippen LogP contribution in [0.15, 0.2) is 76.9 Å². The van der Waals surface area contributed by atoms with Gasteiger partial charge in [-0.25, -0.2) is 0 Å². The molecule has 3 heterocycles. The van der Waals surface area contributed by atoms with Gasteiger partial charge in [-0.15, -0.1) is 11.3 Å². The SMILES string of the molecule is Oc1c(-c2ccccc2)sc2c(Sc3ccncc3)ccnc12. The number of hydrogen-bond donors (Lipinski definition) is 1. The molecule has 3 aromatic heterocycles. The van der Waals surface area contributed by atoms with Crippen LogP contribution in [0.25, 0.3) is 20.7 Å². The van der Waals surface area contributed by atoms with Crippen molar-refractivity contribution in [3.63, 3.8) is 0 Å². The zero-order valence-electron chi connectivity index (χ0n) is 12.0. The topological polar surface area (TPSA) is 46.0 Å². The van der Waals surface area contributed by atoms with E-state index in [1.54, 1.807) is 41.7 Å². The number of fused-ring (bicyclic) bond motifs is 1. The van der Waals surface area contributed by atoms with E-state index in [1.807, 2.05) is 48.5 Å². The molecule has 0 aliphatic carbocycles. The summed E-state index contributed by atoms with van der Waals surface area (Å²) in [7, 11) is 0. The maximum Gasteiger partial charge on any atom is 0.160 e. The van der Waals surface area contributed by atoms with Crippen molar-refractivity contribution in [2.45, 2.75) is 9.79 Å². The molecule has 0 fully saturated rings. The lowest BCUT2D eigenvalue weighted by molar-refractivity contribution is 0.484. The zero-order valence-corrected chi connectivity index (χ0v) is 13.6. The molecule has 1 N–H and O–H groups in total. The van der Waals surface area contributed by atoms with Gasteiger partial charge in [0.2, 0.25) is 0 Å². The highest BCUT2D eigenvalue weighted by molar-refractivity contribution is 7.99. The number of benzene rings is 1. The van der Waals surface area contributed by atoms with Gasteiger partial charge in [0, 0.05) is 28.4 Å². The first kappa shape index (κ1) is 14.2. The van der Waals surface area contributed by atoms with Crippen molar-refractivity contribution < 1.29 is 5.11 Å². The zero-order chi connectivity index (χ0) is 15.6. The summed E-state index contributed by atoms with van der Waals surface area (Å²) in [5, 5.41) is 10.6. The Morgan fingerprint density at radius 1 is 0.913 bits per heavy atom. The molecule has 0 bridgehead atoms. The van der Waals surface area contributed by atoms with Crippen LogP contribution < -0.4 is 0 Å². The molecule has 0 saturated carbocycles. The van der Waals surface area contributed by atoms with Crippen molar-refractivity contribution in [1.82, 2.24) is 9.97 Å². The molecule has 0 saturated heterocycles. The van der Waals surface area contributed by atoms with Gasteiger partial charge in [-0.2, -0.15) is 0 Å². The summed E-state index contributed by atoms with van der Waals surface area (Å²) in [6.45, 7) is 0. The van der Waals surface area contributed by atoms with Gasteiger partial charge in [-0.05, 0) is 23.8 Å². The van der Waals surface area contributed by atoms with E-state index in [9.17, 15) is 5.11 Å². The van der Waals surface area contributed by atoms with Crippen LogP contribution in [0.5, 0.6) is 5.75 Å². The van der Waals surface area contributed by atoms with Crippen LogP contribution in [-0.4, -0.2) is 15.1 Å². The van der Waals surface area contributed by atoms with Gasteiger partial charge in [0.05, 0.1) is 9.58 Å². The van der Waals surface area contributed by atoms with E-state index in [0.29, 0.717) is 5.52 Å². The summed E-state index contributed by atoms with van der Waals surface area (Å²) in [4.78, 5) is 11.5. The number of aromatic hydroxyl groups is 1. The van der Waals surface area contributed by atoms with Crippen molar-refractivity contribution in [2.75, 3.05) is 0 Å². The van der Waals surface area contributed by atoms with Gasteiger partial charge in [0.25, 0.3) is 0 Å². The molecular formula is C18H12N2OS2. The number of nitrogens with zero attached hydrogens (tertiary/aromatic N) is 2. The molecule has 4 aromatic rings. The maximum absolute atomic E-state index is 10.6. The molecule has 0 aliphatic rings. The largest absolute Gasteiger partial charge is 0.504 e. The number of thiophene rings is 1. The number of aromatic nitrogens is 2. The third-order valence-corrected chi connectivity index (χ3v) is 5.87. The van der Waals surface area contributed by atoms with Crippen LogP contribution in [0.3, 0.4) is 0 Å². The van der Waals surface area contributed by atoms with Crippen LogP contribution in [0.2, 0.25) is 0 Å². The number of hydrogen-bond acceptors (Lipinski definition) is 5. The molecule has 0 radical (unpaired) electrons. The summed E-state index contributed by atoms with van der Waals surface area (Å²) in [6.07, 6.45) is 5.30. The second kappa shape index (κ2) is 6.02. The second-order valence-corrected chi connectivity index (χ2v) is 7.05. The Morgan fingerprint density at radius 3 is 2.48 bits per heavy atom. The predicted molar refractivity (Wildman–Crippen MR) is 95.1 cm³/mol. The quantitative estimate of drug-likeness (QED) is 0.557. The van der Waals surface area contributed by atoms with Crippen molar-refractivity contribution in [3.8, 4) is 16.2 Å². The first-order valence-electron chi connectivity index (χ1n) is 7.07. The maximum atomic E-state index is 10.6. The average molecular weight is 336 g/mol. The molecule has 23 heavy (non-hydrogen) atoms. The van der Waals surface area contributed by atoms with Crippen molar-refractivity contribution in [3.05, 3.63) is 67.1 Å². The van der Waals surface area contributed by atoms with Gasteiger partial charge in [0.15, 0.2) is 5.75 Å². The molecule has 0 aliphatic heterocycles. The molecule has 1 aromatic carbocycles. The van der Waals surface area contributed by atoms with Crippen LogP contribution in [0.4, 0.5) is 0 Å². The minimum Gasteiger partial charge on any atom is -0.504 e. The second-order valence-electron chi connectivity index (χ2n) is 4.92. The van der Waals surface area contributed by atoms with Gasteiger partial charge in [-0.1, -0.05) is 42.1 Å². The Kier molecular flexibility index (Phi) is 3.73. The summed E-state index contributed by atoms with van der Waals surface area (Å²) in [6, 6.07) is 15.8. The summed E-state index contributed by atoms with van der Waals surface area (Å²) in [5.74, 6) is 0.258. The van der Waals surface area contributed by atoms with E-state index in [1.165, 1.54) is 0 Å². The number of rotatable bonds is 3. The average Bonchev–Trinajstić information content (AvgIpc) is 2.95. The Bertz CT molecular complexity index is 953. The Hall–Kier alpha value is -2.37. The minimum absolute atomic E-state index is 0.258. The van der Waals surface area contributed by atoms with Gasteiger partial charge in [0.1, 0.15) is 5.52 Å². The molecule has 3 nitrogen and oxygen atoms in total. The van der Waals surface area contributed by atoms with E-state index in [2.05, 4.69) is 9.97 Å². The van der Waals surface area contributed by atoms with Crippen molar-refractivity contribution in [1.29, 1.82) is 0 Å². The highest BCUT2D eigenvalue weighted by Crippen LogP contribution is 2.46. The molecule has 112 valence electrons. The van der Waals surface area contributed by atoms with Crippen LogP contribution in [0.1, 0.15) is 0 Å². The monoisotopic (exact) mass is 336 g/mol. The van der Waals surface area contributed by atoms with Crippen molar-refractivity contribution in [2.24, 2.45) is 0 Å². The van der Waals surface area contributed by atoms with Crippen molar-refractivity contribution >= 4 is 33.3 Å². The minimum atomic E-state index is 0.258. The molecular weight excluding hydrogens is 324 g/mol. The van der Waals surface area contributed by atoms with E-state index in [0.717, 1.165) is 24.9 Å². The summed E-state index contributed by atoms with van der Waals surface area (Å²) >= 11 is 3.23. The third-order valence-electron chi connectivity index (χ3n) is 3.43. The van der Waals surface area contributed by atoms with Crippen LogP contribution in [-0.2, 0) is 0 Å². The summed E-state index contributed by atoms with van der Waals surface area (Å²) < 4.78 is 1.01. The fourth-order valence-corrected chi connectivity index (χ4v) is 4.50. The lowest BCUT2D eigenvalue weighted by Gasteiger charge is -2.01. The summed E-state index contributed by atoms with van der Waals surface area (Å²) in [5.41, 5.74) is 1.67. The molecule has 0 amide bonds.